The van der Waals surface area contributed by atoms with E-state index in [-0.39, 0.29) is 5.75 Å². The first-order chi connectivity index (χ1) is 13.3. The van der Waals surface area contributed by atoms with Gasteiger partial charge in [-0.15, -0.1) is 0 Å². The Balaban J connectivity index is 1.49. The van der Waals surface area contributed by atoms with Gasteiger partial charge in [0.25, 0.3) is 0 Å². The second-order valence-electron chi connectivity index (χ2n) is 6.25. The van der Waals surface area contributed by atoms with Gasteiger partial charge in [-0.25, -0.2) is 0 Å². The maximum absolute atomic E-state index is 10.2. The number of fused-ring (bicyclic) bond motifs is 1. The molecule has 0 aromatic heterocycles. The van der Waals surface area contributed by atoms with Crippen LogP contribution in [0.25, 0.3) is 10.8 Å². The van der Waals surface area contributed by atoms with Crippen molar-refractivity contribution in [1.82, 2.24) is 0 Å². The van der Waals surface area contributed by atoms with Crippen LogP contribution in [0.4, 0.5) is 5.69 Å². The van der Waals surface area contributed by atoms with Gasteiger partial charge in [-0.3, -0.25) is 4.99 Å². The lowest BCUT2D eigenvalue weighted by Gasteiger charge is -2.06. The fourth-order valence-electron chi connectivity index (χ4n) is 2.93. The minimum Gasteiger partial charge on any atom is -0.507 e. The van der Waals surface area contributed by atoms with Gasteiger partial charge in [0.1, 0.15) is 18.1 Å². The normalized spacial score (nSPS) is 11.1. The van der Waals surface area contributed by atoms with E-state index < -0.39 is 0 Å². The largest absolute Gasteiger partial charge is 0.507 e. The number of phenolic OH excluding ortho intramolecular Hbond substituents is 1. The van der Waals surface area contributed by atoms with Gasteiger partial charge in [-0.1, -0.05) is 60.7 Å². The first-order valence-electron chi connectivity index (χ1n) is 8.81. The number of nitrogens with zero attached hydrogens (tertiary/aromatic N) is 1. The Kier molecular flexibility index (Phi) is 4.84. The van der Waals surface area contributed by atoms with Crippen molar-refractivity contribution >= 4 is 22.7 Å². The van der Waals surface area contributed by atoms with Gasteiger partial charge in [0.05, 0.1) is 5.69 Å². The maximum Gasteiger partial charge on any atom is 0.124 e. The third-order valence-electron chi connectivity index (χ3n) is 4.38. The molecule has 0 aliphatic carbocycles. The molecule has 0 aliphatic rings. The quantitative estimate of drug-likeness (QED) is 0.456. The van der Waals surface area contributed by atoms with E-state index in [9.17, 15) is 5.11 Å². The van der Waals surface area contributed by atoms with E-state index in [2.05, 4.69) is 4.99 Å². The van der Waals surface area contributed by atoms with Crippen LogP contribution in [0.1, 0.15) is 11.1 Å². The van der Waals surface area contributed by atoms with E-state index in [0.29, 0.717) is 6.61 Å². The van der Waals surface area contributed by atoms with Crippen LogP contribution in [0, 0.1) is 0 Å². The summed E-state index contributed by atoms with van der Waals surface area (Å²) in [7, 11) is 0. The summed E-state index contributed by atoms with van der Waals surface area (Å²) in [4.78, 5) is 4.51. The van der Waals surface area contributed by atoms with Gasteiger partial charge in [0, 0.05) is 11.8 Å². The van der Waals surface area contributed by atoms with Crippen molar-refractivity contribution in [3.05, 3.63) is 102 Å². The molecule has 0 fully saturated rings. The maximum atomic E-state index is 10.2. The molecule has 3 nitrogen and oxygen atoms in total. The lowest BCUT2D eigenvalue weighted by atomic mass is 10.0. The molecule has 3 heteroatoms. The summed E-state index contributed by atoms with van der Waals surface area (Å²) in [6.07, 6.45) is 1.71. The zero-order valence-electron chi connectivity index (χ0n) is 14.7. The summed E-state index contributed by atoms with van der Waals surface area (Å²) in [5, 5.41) is 12.2. The Hall–Kier alpha value is -3.59. The summed E-state index contributed by atoms with van der Waals surface area (Å²) < 4.78 is 5.79. The molecule has 0 spiro atoms. The average molecular weight is 353 g/mol. The molecule has 0 aliphatic heterocycles. The molecule has 0 saturated heterocycles. The third kappa shape index (κ3) is 3.98. The van der Waals surface area contributed by atoms with Crippen LogP contribution in [0.2, 0.25) is 0 Å². The number of hydrogen-bond acceptors (Lipinski definition) is 3. The van der Waals surface area contributed by atoms with E-state index >= 15 is 0 Å². The summed E-state index contributed by atoms with van der Waals surface area (Å²) in [6.45, 7) is 0.535. The van der Waals surface area contributed by atoms with Crippen LogP contribution in [0.3, 0.4) is 0 Å². The number of benzene rings is 4. The standard InChI is InChI=1S/C24H19NO2/c26-24-15-10-19-8-4-5-9-22(19)23(24)16-25-20-11-13-21(14-12-20)27-17-18-6-2-1-3-7-18/h1-16,26H,17H2. The van der Waals surface area contributed by atoms with Crippen LogP contribution >= 0.6 is 0 Å². The van der Waals surface area contributed by atoms with Crippen LogP contribution < -0.4 is 4.74 Å². The second-order valence-corrected chi connectivity index (χ2v) is 6.25. The predicted molar refractivity (Wildman–Crippen MR) is 110 cm³/mol. The predicted octanol–water partition coefficient (Wildman–Crippen LogP) is 5.88. The minimum atomic E-state index is 0.222. The van der Waals surface area contributed by atoms with Crippen molar-refractivity contribution in [2.75, 3.05) is 0 Å². The van der Waals surface area contributed by atoms with Crippen LogP contribution in [-0.2, 0) is 6.61 Å². The minimum absolute atomic E-state index is 0.222. The first kappa shape index (κ1) is 16.9. The number of ether oxygens (including phenoxy) is 1. The summed E-state index contributed by atoms with van der Waals surface area (Å²) in [6, 6.07) is 29.2. The fourth-order valence-corrected chi connectivity index (χ4v) is 2.93. The van der Waals surface area contributed by atoms with E-state index in [1.807, 2.05) is 84.9 Å². The molecule has 1 N–H and O–H groups in total. The zero-order valence-corrected chi connectivity index (χ0v) is 14.7. The highest BCUT2D eigenvalue weighted by Gasteiger charge is 2.04. The number of aliphatic imine (C=N–C) groups is 1. The summed E-state index contributed by atoms with van der Waals surface area (Å²) in [5.74, 6) is 1.02. The van der Waals surface area contributed by atoms with E-state index in [0.717, 1.165) is 33.3 Å². The SMILES string of the molecule is Oc1ccc2ccccc2c1C=Nc1ccc(OCc2ccccc2)cc1. The molecule has 0 amide bonds. The molecule has 0 heterocycles. The van der Waals surface area contributed by atoms with Gasteiger partial charge in [0.2, 0.25) is 0 Å². The van der Waals surface area contributed by atoms with Gasteiger partial charge < -0.3 is 9.84 Å². The molecule has 0 radical (unpaired) electrons. The molecular formula is C24H19NO2. The van der Waals surface area contributed by atoms with Crippen molar-refractivity contribution < 1.29 is 9.84 Å². The van der Waals surface area contributed by atoms with Gasteiger partial charge in [0.15, 0.2) is 0 Å². The van der Waals surface area contributed by atoms with Crippen molar-refractivity contribution in [2.24, 2.45) is 4.99 Å². The van der Waals surface area contributed by atoms with E-state index in [4.69, 9.17) is 4.74 Å². The zero-order chi connectivity index (χ0) is 18.5. The van der Waals surface area contributed by atoms with Crippen molar-refractivity contribution in [1.29, 1.82) is 0 Å². The Morgan fingerprint density at radius 2 is 1.52 bits per heavy atom. The Bertz CT molecular complexity index is 1070. The smallest absolute Gasteiger partial charge is 0.124 e. The molecule has 0 unspecified atom stereocenters. The average Bonchev–Trinajstić information content (AvgIpc) is 2.73. The van der Waals surface area contributed by atoms with Crippen LogP contribution in [-0.4, -0.2) is 11.3 Å². The number of rotatable bonds is 5. The van der Waals surface area contributed by atoms with Crippen molar-refractivity contribution in [2.45, 2.75) is 6.61 Å². The number of aromatic hydroxyl groups is 1. The first-order valence-corrected chi connectivity index (χ1v) is 8.81. The lowest BCUT2D eigenvalue weighted by molar-refractivity contribution is 0.306. The molecular weight excluding hydrogens is 334 g/mol. The Labute approximate surface area is 158 Å². The highest BCUT2D eigenvalue weighted by Crippen LogP contribution is 2.26. The van der Waals surface area contributed by atoms with Crippen LogP contribution in [0.5, 0.6) is 11.5 Å². The second kappa shape index (κ2) is 7.75. The molecule has 4 aromatic carbocycles. The lowest BCUT2D eigenvalue weighted by Crippen LogP contribution is -1.94. The van der Waals surface area contributed by atoms with E-state index in [1.54, 1.807) is 12.3 Å². The van der Waals surface area contributed by atoms with E-state index in [1.165, 1.54) is 0 Å². The monoisotopic (exact) mass is 353 g/mol. The van der Waals surface area contributed by atoms with Gasteiger partial charge >= 0.3 is 0 Å². The summed E-state index contributed by atoms with van der Waals surface area (Å²) in [5.41, 5.74) is 2.65. The molecule has 132 valence electrons. The molecule has 4 rings (SSSR count). The Morgan fingerprint density at radius 3 is 2.33 bits per heavy atom. The highest BCUT2D eigenvalue weighted by molar-refractivity contribution is 6.02. The van der Waals surface area contributed by atoms with Crippen molar-refractivity contribution in [3.8, 4) is 11.5 Å². The molecule has 0 bridgehead atoms. The summed E-state index contributed by atoms with van der Waals surface area (Å²) >= 11 is 0. The van der Waals surface area contributed by atoms with Crippen LogP contribution in [0.15, 0.2) is 96.0 Å². The molecule has 0 saturated carbocycles. The van der Waals surface area contributed by atoms with Gasteiger partial charge in [-0.05, 0) is 46.7 Å². The number of hydrogen-bond donors (Lipinski definition) is 1. The third-order valence-corrected chi connectivity index (χ3v) is 4.38. The van der Waals surface area contributed by atoms with Crippen molar-refractivity contribution in [3.63, 3.8) is 0 Å². The highest BCUT2D eigenvalue weighted by atomic mass is 16.5. The van der Waals surface area contributed by atoms with Gasteiger partial charge in [-0.2, -0.15) is 0 Å². The molecule has 0 atom stereocenters. The molecule has 4 aromatic rings. The fraction of sp³-hybridized carbons (Fsp3) is 0.0417. The topological polar surface area (TPSA) is 41.8 Å². The Morgan fingerprint density at radius 1 is 0.778 bits per heavy atom. The molecule has 27 heavy (non-hydrogen) atoms. The number of phenols is 1.